The highest BCUT2D eigenvalue weighted by Crippen LogP contribution is 2.31. The van der Waals surface area contributed by atoms with Gasteiger partial charge >= 0.3 is 0 Å². The smallest absolute Gasteiger partial charge is 0.237 e. The van der Waals surface area contributed by atoms with Crippen molar-refractivity contribution in [3.8, 4) is 6.07 Å². The first kappa shape index (κ1) is 20.4. The largest absolute Gasteiger partial charge is 0.325 e. The molecule has 3 rings (SSSR count). The summed E-state index contributed by atoms with van der Waals surface area (Å²) in [5.74, 6) is -0.0458. The molecule has 1 N–H and O–H groups in total. The molecular weight excluding hydrogens is 366 g/mol. The molecule has 146 valence electrons. The fourth-order valence-corrected chi connectivity index (χ4v) is 4.54. The molecule has 0 saturated heterocycles. The topological polar surface area (TPSA) is 65.8 Å². The van der Waals surface area contributed by atoms with E-state index in [9.17, 15) is 10.1 Å². The van der Waals surface area contributed by atoms with E-state index in [1.807, 2.05) is 44.2 Å². The number of carbonyl (C=O) groups is 1. The molecule has 1 aliphatic rings. The average molecular weight is 394 g/mol. The van der Waals surface area contributed by atoms with Gasteiger partial charge in [0.2, 0.25) is 5.91 Å². The summed E-state index contributed by atoms with van der Waals surface area (Å²) in [5, 5.41) is 13.0. The number of pyridine rings is 1. The van der Waals surface area contributed by atoms with E-state index in [-0.39, 0.29) is 11.2 Å². The van der Waals surface area contributed by atoms with Crippen molar-refractivity contribution in [1.82, 2.24) is 4.98 Å². The van der Waals surface area contributed by atoms with Crippen molar-refractivity contribution >= 4 is 23.4 Å². The highest BCUT2D eigenvalue weighted by atomic mass is 32.2. The predicted octanol–water partition coefficient (Wildman–Crippen LogP) is 5.43. The second kappa shape index (κ2) is 9.75. The first-order chi connectivity index (χ1) is 13.6. The Kier molecular flexibility index (Phi) is 7.11. The van der Waals surface area contributed by atoms with Crippen molar-refractivity contribution in [3.63, 3.8) is 0 Å². The standard InChI is InChI=1S/C23H27N3OS/c1-3-21(22(27)25-19-11-8-9-16(2)13-19)28-23-18(15-24)14-17-10-6-4-5-7-12-20(17)26-23/h8-9,11,13-14,21H,3-7,10,12H2,1-2H3,(H,25,27). The van der Waals surface area contributed by atoms with Gasteiger partial charge in [-0.1, -0.05) is 43.7 Å². The quantitative estimate of drug-likeness (QED) is 0.688. The zero-order valence-electron chi connectivity index (χ0n) is 16.6. The molecule has 0 fully saturated rings. The van der Waals surface area contributed by atoms with Crippen LogP contribution in [-0.2, 0) is 17.6 Å². The molecule has 1 unspecified atom stereocenters. The Bertz CT molecular complexity index is 888. The van der Waals surface area contributed by atoms with Crippen molar-refractivity contribution in [3.05, 3.63) is 52.7 Å². The Morgan fingerprint density at radius 2 is 2.04 bits per heavy atom. The summed E-state index contributed by atoms with van der Waals surface area (Å²) in [6, 6.07) is 12.1. The lowest BCUT2D eigenvalue weighted by Gasteiger charge is -2.18. The number of hydrogen-bond donors (Lipinski definition) is 1. The van der Waals surface area contributed by atoms with Crippen molar-refractivity contribution in [2.75, 3.05) is 5.32 Å². The third-order valence-electron chi connectivity index (χ3n) is 5.09. The van der Waals surface area contributed by atoms with Crippen molar-refractivity contribution < 1.29 is 4.79 Å². The lowest BCUT2D eigenvalue weighted by atomic mass is 9.96. The van der Waals surface area contributed by atoms with Crippen molar-refractivity contribution in [2.24, 2.45) is 0 Å². The third-order valence-corrected chi connectivity index (χ3v) is 6.46. The molecule has 0 saturated carbocycles. The maximum absolute atomic E-state index is 12.8. The number of aromatic nitrogens is 1. The van der Waals surface area contributed by atoms with Crippen molar-refractivity contribution in [1.29, 1.82) is 5.26 Å². The number of nitrogens with zero attached hydrogens (tertiary/aromatic N) is 2. The number of amides is 1. The molecule has 5 heteroatoms. The fourth-order valence-electron chi connectivity index (χ4n) is 3.54. The molecule has 0 aliphatic heterocycles. The predicted molar refractivity (Wildman–Crippen MR) is 115 cm³/mol. The number of fused-ring (bicyclic) bond motifs is 1. The van der Waals surface area contributed by atoms with E-state index >= 15 is 0 Å². The van der Waals surface area contributed by atoms with Gasteiger partial charge < -0.3 is 5.32 Å². The number of anilines is 1. The Balaban J connectivity index is 1.80. The van der Waals surface area contributed by atoms with Crippen LogP contribution in [-0.4, -0.2) is 16.1 Å². The Labute approximate surface area is 171 Å². The summed E-state index contributed by atoms with van der Waals surface area (Å²) in [7, 11) is 0. The van der Waals surface area contributed by atoms with Crippen LogP contribution in [0.4, 0.5) is 5.69 Å². The number of aryl methyl sites for hydroxylation is 3. The molecule has 0 radical (unpaired) electrons. The van der Waals surface area contributed by atoms with E-state index < -0.39 is 0 Å². The number of rotatable bonds is 5. The van der Waals surface area contributed by atoms with Crippen molar-refractivity contribution in [2.45, 2.75) is 69.1 Å². The van der Waals surface area contributed by atoms with Gasteiger partial charge in [-0.25, -0.2) is 4.98 Å². The highest BCUT2D eigenvalue weighted by Gasteiger charge is 2.22. The van der Waals surface area contributed by atoms with Crippen LogP contribution < -0.4 is 5.32 Å². The Morgan fingerprint density at radius 3 is 2.75 bits per heavy atom. The minimum Gasteiger partial charge on any atom is -0.325 e. The summed E-state index contributed by atoms with van der Waals surface area (Å²) in [6.07, 6.45) is 7.40. The monoisotopic (exact) mass is 393 g/mol. The Hall–Kier alpha value is -2.32. The second-order valence-corrected chi connectivity index (χ2v) is 8.54. The Morgan fingerprint density at radius 1 is 1.25 bits per heavy atom. The maximum atomic E-state index is 12.8. The number of nitriles is 1. The van der Waals surface area contributed by atoms with Crippen LogP contribution in [0, 0.1) is 18.3 Å². The van der Waals surface area contributed by atoms with Gasteiger partial charge in [-0.3, -0.25) is 4.79 Å². The summed E-state index contributed by atoms with van der Waals surface area (Å²) in [5.41, 5.74) is 4.81. The summed E-state index contributed by atoms with van der Waals surface area (Å²) < 4.78 is 0. The fraction of sp³-hybridized carbons (Fsp3) is 0.435. The van der Waals surface area contributed by atoms with E-state index in [1.54, 1.807) is 0 Å². The highest BCUT2D eigenvalue weighted by molar-refractivity contribution is 8.00. The summed E-state index contributed by atoms with van der Waals surface area (Å²) in [6.45, 7) is 4.00. The molecule has 4 nitrogen and oxygen atoms in total. The minimum atomic E-state index is -0.285. The van der Waals surface area contributed by atoms with Gasteiger partial charge in [0.15, 0.2) is 0 Å². The first-order valence-corrected chi connectivity index (χ1v) is 11.0. The van der Waals surface area contributed by atoms with Crippen LogP contribution in [0.5, 0.6) is 0 Å². The summed E-state index contributed by atoms with van der Waals surface area (Å²) in [4.78, 5) is 17.6. The van der Waals surface area contributed by atoms with Crippen LogP contribution in [0.2, 0.25) is 0 Å². The van der Waals surface area contributed by atoms with Gasteiger partial charge in [0, 0.05) is 11.4 Å². The van der Waals surface area contributed by atoms with E-state index in [2.05, 4.69) is 11.4 Å². The van der Waals surface area contributed by atoms with Gasteiger partial charge in [0.25, 0.3) is 0 Å². The van der Waals surface area contributed by atoms with Gasteiger partial charge in [-0.2, -0.15) is 5.26 Å². The molecule has 1 aliphatic carbocycles. The molecule has 1 atom stereocenters. The average Bonchev–Trinajstić information content (AvgIpc) is 2.66. The third kappa shape index (κ3) is 5.14. The lowest BCUT2D eigenvalue weighted by Crippen LogP contribution is -2.25. The van der Waals surface area contributed by atoms with Gasteiger partial charge in [-0.05, 0) is 68.4 Å². The molecule has 1 amide bonds. The normalized spacial score (nSPS) is 14.9. The lowest BCUT2D eigenvalue weighted by molar-refractivity contribution is -0.115. The van der Waals surface area contributed by atoms with E-state index in [0.29, 0.717) is 17.0 Å². The number of benzene rings is 1. The number of carbonyl (C=O) groups excluding carboxylic acids is 1. The van der Waals surface area contributed by atoms with E-state index in [4.69, 9.17) is 4.98 Å². The minimum absolute atomic E-state index is 0.0458. The van der Waals surface area contributed by atoms with Gasteiger partial charge in [-0.15, -0.1) is 0 Å². The first-order valence-electron chi connectivity index (χ1n) is 10.1. The molecule has 1 aromatic heterocycles. The zero-order valence-corrected chi connectivity index (χ0v) is 17.4. The van der Waals surface area contributed by atoms with Crippen LogP contribution >= 0.6 is 11.8 Å². The van der Waals surface area contributed by atoms with Crippen LogP contribution in [0.3, 0.4) is 0 Å². The molecule has 1 heterocycles. The number of nitrogens with one attached hydrogen (secondary N) is 1. The van der Waals surface area contributed by atoms with Gasteiger partial charge in [0.05, 0.1) is 10.8 Å². The van der Waals surface area contributed by atoms with Crippen LogP contribution in [0.15, 0.2) is 35.4 Å². The van der Waals surface area contributed by atoms with Crippen LogP contribution in [0.1, 0.15) is 61.4 Å². The molecule has 2 aromatic rings. The molecule has 28 heavy (non-hydrogen) atoms. The SMILES string of the molecule is CCC(Sc1nc2c(cc1C#N)CCCCCC2)C(=O)Nc1cccc(C)c1. The maximum Gasteiger partial charge on any atom is 0.237 e. The summed E-state index contributed by atoms with van der Waals surface area (Å²) >= 11 is 1.41. The molecule has 0 bridgehead atoms. The van der Waals surface area contributed by atoms with Crippen LogP contribution in [0.25, 0.3) is 0 Å². The van der Waals surface area contributed by atoms with E-state index in [1.165, 1.54) is 30.2 Å². The number of thioether (sulfide) groups is 1. The number of hydrogen-bond acceptors (Lipinski definition) is 4. The molecule has 0 spiro atoms. The van der Waals surface area contributed by atoms with E-state index in [0.717, 1.165) is 42.6 Å². The van der Waals surface area contributed by atoms with Gasteiger partial charge in [0.1, 0.15) is 11.1 Å². The zero-order chi connectivity index (χ0) is 19.9. The second-order valence-electron chi connectivity index (χ2n) is 7.35. The molecular formula is C23H27N3OS. The molecule has 1 aromatic carbocycles.